The number of nitrogens with zero attached hydrogens (tertiary/aromatic N) is 1. The van der Waals surface area contributed by atoms with E-state index >= 15 is 0 Å². The molecule has 2 fully saturated rings. The Morgan fingerprint density at radius 3 is 2.45 bits per heavy atom. The van der Waals surface area contributed by atoms with Gasteiger partial charge in [-0.3, -0.25) is 0 Å². The van der Waals surface area contributed by atoms with E-state index in [1.54, 1.807) is 0 Å². The number of hydrogen-bond donors (Lipinski definition) is 0. The SMILES string of the molecule is C=CC[C@@H]1CCCC2(CCCC2)/C1=N\S(=O)C(C)(C)C. The van der Waals surface area contributed by atoms with Crippen molar-refractivity contribution in [3.63, 3.8) is 0 Å². The maximum atomic E-state index is 12.5. The molecule has 2 rings (SSSR count). The Morgan fingerprint density at radius 2 is 1.90 bits per heavy atom. The molecule has 2 nitrogen and oxygen atoms in total. The number of rotatable bonds is 3. The van der Waals surface area contributed by atoms with Crippen molar-refractivity contribution in [3.8, 4) is 0 Å². The molecular formula is C17H29NOS. The van der Waals surface area contributed by atoms with Gasteiger partial charge in [0.05, 0.1) is 4.75 Å². The molecule has 0 amide bonds. The van der Waals surface area contributed by atoms with Crippen molar-refractivity contribution in [2.45, 2.75) is 76.9 Å². The summed E-state index contributed by atoms with van der Waals surface area (Å²) in [6.45, 7) is 9.94. The Hall–Kier alpha value is -0.440. The highest BCUT2D eigenvalue weighted by Crippen LogP contribution is 2.50. The molecule has 0 aliphatic heterocycles. The molecule has 1 spiro atoms. The second kappa shape index (κ2) is 6.13. The fourth-order valence-electron chi connectivity index (χ4n) is 3.77. The topological polar surface area (TPSA) is 29.4 Å². The highest BCUT2D eigenvalue weighted by Gasteiger charge is 2.44. The molecule has 114 valence electrons. The van der Waals surface area contributed by atoms with Crippen LogP contribution in [0.1, 0.15) is 72.1 Å². The van der Waals surface area contributed by atoms with Crippen LogP contribution in [0.5, 0.6) is 0 Å². The molecule has 0 aromatic rings. The summed E-state index contributed by atoms with van der Waals surface area (Å²) in [6.07, 6.45) is 11.8. The summed E-state index contributed by atoms with van der Waals surface area (Å²) in [4.78, 5) is 0. The summed E-state index contributed by atoms with van der Waals surface area (Å²) >= 11 is 0. The van der Waals surface area contributed by atoms with E-state index < -0.39 is 11.0 Å². The monoisotopic (exact) mass is 295 g/mol. The summed E-state index contributed by atoms with van der Waals surface area (Å²) < 4.78 is 17.0. The van der Waals surface area contributed by atoms with Gasteiger partial charge in [0, 0.05) is 17.0 Å². The number of allylic oxidation sites excluding steroid dienone is 1. The summed E-state index contributed by atoms with van der Waals surface area (Å²) in [5.41, 5.74) is 1.54. The fraction of sp³-hybridized carbons (Fsp3) is 0.824. The molecule has 0 radical (unpaired) electrons. The van der Waals surface area contributed by atoms with Gasteiger partial charge in [-0.05, 0) is 52.9 Å². The first-order chi connectivity index (χ1) is 9.39. The van der Waals surface area contributed by atoms with Crippen molar-refractivity contribution in [3.05, 3.63) is 12.7 Å². The van der Waals surface area contributed by atoms with Crippen LogP contribution in [0.3, 0.4) is 0 Å². The molecule has 0 bridgehead atoms. The summed E-state index contributed by atoms with van der Waals surface area (Å²) in [5, 5.41) is 0. The van der Waals surface area contributed by atoms with Gasteiger partial charge in [0.15, 0.2) is 0 Å². The maximum Gasteiger partial charge on any atom is 0.144 e. The normalized spacial score (nSPS) is 29.8. The molecule has 0 N–H and O–H groups in total. The van der Waals surface area contributed by atoms with Crippen molar-refractivity contribution in [1.29, 1.82) is 0 Å². The van der Waals surface area contributed by atoms with E-state index in [0.717, 1.165) is 6.42 Å². The quantitative estimate of drug-likeness (QED) is 0.686. The van der Waals surface area contributed by atoms with E-state index in [4.69, 9.17) is 4.40 Å². The van der Waals surface area contributed by atoms with Crippen LogP contribution in [0.15, 0.2) is 17.1 Å². The van der Waals surface area contributed by atoms with Crippen LogP contribution in [-0.2, 0) is 11.0 Å². The van der Waals surface area contributed by atoms with Crippen molar-refractivity contribution in [2.24, 2.45) is 15.7 Å². The van der Waals surface area contributed by atoms with Gasteiger partial charge in [-0.1, -0.05) is 25.3 Å². The molecule has 0 saturated heterocycles. The van der Waals surface area contributed by atoms with Gasteiger partial charge in [0.25, 0.3) is 0 Å². The molecule has 0 aromatic carbocycles. The molecule has 20 heavy (non-hydrogen) atoms. The highest BCUT2D eigenvalue weighted by molar-refractivity contribution is 7.85. The van der Waals surface area contributed by atoms with Gasteiger partial charge < -0.3 is 0 Å². The van der Waals surface area contributed by atoms with Crippen LogP contribution in [0.2, 0.25) is 0 Å². The van der Waals surface area contributed by atoms with Crippen molar-refractivity contribution >= 4 is 16.7 Å². The zero-order valence-corrected chi connectivity index (χ0v) is 14.1. The summed E-state index contributed by atoms with van der Waals surface area (Å²) in [7, 11) is -1.13. The average Bonchev–Trinajstić information content (AvgIpc) is 2.82. The smallest absolute Gasteiger partial charge is 0.144 e. The molecule has 1 unspecified atom stereocenters. The first-order valence-corrected chi connectivity index (χ1v) is 9.12. The van der Waals surface area contributed by atoms with Gasteiger partial charge in [0.1, 0.15) is 11.0 Å². The summed E-state index contributed by atoms with van der Waals surface area (Å²) in [6, 6.07) is 0. The van der Waals surface area contributed by atoms with Crippen LogP contribution in [0.25, 0.3) is 0 Å². The van der Waals surface area contributed by atoms with Crippen LogP contribution < -0.4 is 0 Å². The first-order valence-electron chi connectivity index (χ1n) is 8.01. The second-order valence-electron chi connectivity index (χ2n) is 7.44. The van der Waals surface area contributed by atoms with Crippen LogP contribution in [0.4, 0.5) is 0 Å². The minimum absolute atomic E-state index is 0.261. The van der Waals surface area contributed by atoms with Gasteiger partial charge in [-0.25, -0.2) is 4.21 Å². The molecule has 2 aliphatic carbocycles. The molecule has 0 heterocycles. The minimum atomic E-state index is -1.13. The molecule has 0 aromatic heterocycles. The maximum absolute atomic E-state index is 12.5. The minimum Gasteiger partial charge on any atom is -0.234 e. The highest BCUT2D eigenvalue weighted by atomic mass is 32.2. The first kappa shape index (κ1) is 15.9. The van der Waals surface area contributed by atoms with Crippen molar-refractivity contribution < 1.29 is 4.21 Å². The molecule has 2 saturated carbocycles. The molecule has 2 aliphatic rings. The van der Waals surface area contributed by atoms with E-state index in [1.165, 1.54) is 50.7 Å². The second-order valence-corrected chi connectivity index (χ2v) is 9.34. The fourth-order valence-corrected chi connectivity index (χ4v) is 4.57. The molecule has 2 atom stereocenters. The predicted molar refractivity (Wildman–Crippen MR) is 88.4 cm³/mol. The van der Waals surface area contributed by atoms with Crippen LogP contribution in [0, 0.1) is 11.3 Å². The van der Waals surface area contributed by atoms with E-state index in [-0.39, 0.29) is 10.2 Å². The van der Waals surface area contributed by atoms with Crippen molar-refractivity contribution in [2.75, 3.05) is 0 Å². The van der Waals surface area contributed by atoms with Crippen LogP contribution >= 0.6 is 0 Å². The lowest BCUT2D eigenvalue weighted by Crippen LogP contribution is -2.39. The Bertz CT molecular complexity index is 413. The third-order valence-corrected chi connectivity index (χ3v) is 6.27. The zero-order valence-electron chi connectivity index (χ0n) is 13.3. The lowest BCUT2D eigenvalue weighted by Gasteiger charge is -2.40. The third-order valence-electron chi connectivity index (χ3n) is 4.85. The van der Waals surface area contributed by atoms with Crippen molar-refractivity contribution in [1.82, 2.24) is 0 Å². The van der Waals surface area contributed by atoms with Gasteiger partial charge in [0.2, 0.25) is 0 Å². The predicted octanol–water partition coefficient (Wildman–Crippen LogP) is 4.83. The molecular weight excluding hydrogens is 266 g/mol. The third kappa shape index (κ3) is 3.24. The average molecular weight is 295 g/mol. The number of hydrogen-bond acceptors (Lipinski definition) is 1. The summed E-state index contributed by atoms with van der Waals surface area (Å²) in [5.74, 6) is 0.477. The zero-order chi connectivity index (χ0) is 14.8. The Labute approximate surface area is 126 Å². The van der Waals surface area contributed by atoms with Crippen LogP contribution in [-0.4, -0.2) is 14.7 Å². The molecule has 3 heteroatoms. The van der Waals surface area contributed by atoms with Gasteiger partial charge in [-0.2, -0.15) is 4.40 Å². The van der Waals surface area contributed by atoms with E-state index in [9.17, 15) is 4.21 Å². The largest absolute Gasteiger partial charge is 0.234 e. The Kier molecular flexibility index (Phi) is 4.88. The lowest BCUT2D eigenvalue weighted by molar-refractivity contribution is 0.315. The van der Waals surface area contributed by atoms with Gasteiger partial charge >= 0.3 is 0 Å². The Balaban J connectivity index is 2.35. The van der Waals surface area contributed by atoms with Gasteiger partial charge in [-0.15, -0.1) is 6.58 Å². The lowest BCUT2D eigenvalue weighted by atomic mass is 9.66. The standard InChI is InChI=1S/C17H29NOS/c1-5-9-14-10-8-13-17(11-6-7-12-17)15(14)18-20(19)16(2,3)4/h5,14H,1,6-13H2,2-4H3/b18-15-/t14-,20?/m1/s1. The van der Waals surface area contributed by atoms with E-state index in [1.807, 2.05) is 26.8 Å². The Morgan fingerprint density at radius 1 is 1.30 bits per heavy atom. The van der Waals surface area contributed by atoms with E-state index in [2.05, 4.69) is 6.58 Å². The van der Waals surface area contributed by atoms with E-state index in [0.29, 0.717) is 5.92 Å².